The molecule has 0 aromatic carbocycles. The Labute approximate surface area is 76.9 Å². The molecule has 0 aliphatic carbocycles. The van der Waals surface area contributed by atoms with Gasteiger partial charge in [0.25, 0.3) is 0 Å². The Morgan fingerprint density at radius 3 is 2.38 bits per heavy atom. The largest absolute Gasteiger partial charge is 0.391 e. The summed E-state index contributed by atoms with van der Waals surface area (Å²) in [6.45, 7) is 1.63. The lowest BCUT2D eigenvalue weighted by Gasteiger charge is -2.26. The summed E-state index contributed by atoms with van der Waals surface area (Å²) < 4.78 is 10.1. The van der Waals surface area contributed by atoms with Crippen LogP contribution >= 0.6 is 0 Å². The minimum Gasteiger partial charge on any atom is -0.391 e. The SMILES string of the molecule is COC(C(C)O)C1OCC(O)C1O. The zero-order chi connectivity index (χ0) is 10.0. The van der Waals surface area contributed by atoms with Crippen molar-refractivity contribution in [1.82, 2.24) is 0 Å². The summed E-state index contributed by atoms with van der Waals surface area (Å²) >= 11 is 0. The Bertz CT molecular complexity index is 161. The standard InChI is InChI=1S/C8H16O5/c1-4(9)7(12-2)8-6(11)5(10)3-13-8/h4-11H,3H2,1-2H3. The van der Waals surface area contributed by atoms with E-state index in [1.165, 1.54) is 7.11 Å². The van der Waals surface area contributed by atoms with Gasteiger partial charge in [0.05, 0.1) is 12.7 Å². The molecule has 0 spiro atoms. The fraction of sp³-hybridized carbons (Fsp3) is 1.00. The summed E-state index contributed by atoms with van der Waals surface area (Å²) in [6.07, 6.45) is -3.87. The minimum absolute atomic E-state index is 0.0818. The highest BCUT2D eigenvalue weighted by atomic mass is 16.6. The molecule has 78 valence electrons. The molecule has 0 amide bonds. The molecule has 1 heterocycles. The first-order valence-electron chi connectivity index (χ1n) is 4.26. The average molecular weight is 192 g/mol. The van der Waals surface area contributed by atoms with Crippen LogP contribution in [0.2, 0.25) is 0 Å². The van der Waals surface area contributed by atoms with E-state index < -0.39 is 30.5 Å². The molecular weight excluding hydrogens is 176 g/mol. The van der Waals surface area contributed by atoms with E-state index in [1.54, 1.807) is 6.92 Å². The number of aliphatic hydroxyl groups is 3. The Balaban J connectivity index is 2.59. The third-order valence-corrected chi connectivity index (χ3v) is 2.26. The van der Waals surface area contributed by atoms with Crippen LogP contribution < -0.4 is 0 Å². The summed E-state index contributed by atoms with van der Waals surface area (Å²) in [5.41, 5.74) is 0. The Kier molecular flexibility index (Phi) is 3.63. The van der Waals surface area contributed by atoms with Crippen molar-refractivity contribution in [2.24, 2.45) is 0 Å². The normalized spacial score (nSPS) is 39.0. The summed E-state index contributed by atoms with van der Waals surface area (Å²) in [5, 5.41) is 27.9. The van der Waals surface area contributed by atoms with Crippen molar-refractivity contribution in [3.05, 3.63) is 0 Å². The second-order valence-corrected chi connectivity index (χ2v) is 3.30. The van der Waals surface area contributed by atoms with Gasteiger partial charge in [-0.1, -0.05) is 0 Å². The van der Waals surface area contributed by atoms with Crippen LogP contribution in [0.5, 0.6) is 0 Å². The van der Waals surface area contributed by atoms with E-state index in [2.05, 4.69) is 0 Å². The van der Waals surface area contributed by atoms with Gasteiger partial charge in [-0.3, -0.25) is 0 Å². The van der Waals surface area contributed by atoms with Crippen LogP contribution in [-0.2, 0) is 9.47 Å². The van der Waals surface area contributed by atoms with Gasteiger partial charge in [-0.25, -0.2) is 0 Å². The van der Waals surface area contributed by atoms with Gasteiger partial charge in [-0.15, -0.1) is 0 Å². The van der Waals surface area contributed by atoms with Crippen LogP contribution in [0.1, 0.15) is 6.92 Å². The van der Waals surface area contributed by atoms with E-state index in [0.29, 0.717) is 0 Å². The molecule has 5 atom stereocenters. The summed E-state index contributed by atoms with van der Waals surface area (Å²) in [7, 11) is 1.43. The van der Waals surface area contributed by atoms with Crippen LogP contribution in [0.25, 0.3) is 0 Å². The molecule has 1 aliphatic heterocycles. The van der Waals surface area contributed by atoms with E-state index in [0.717, 1.165) is 0 Å². The zero-order valence-corrected chi connectivity index (χ0v) is 7.75. The van der Waals surface area contributed by atoms with Crippen molar-refractivity contribution in [1.29, 1.82) is 0 Å². The Morgan fingerprint density at radius 2 is 2.08 bits per heavy atom. The maximum absolute atomic E-state index is 9.44. The molecule has 1 rings (SSSR count). The van der Waals surface area contributed by atoms with Crippen molar-refractivity contribution < 1.29 is 24.8 Å². The number of rotatable bonds is 3. The minimum atomic E-state index is -0.987. The molecule has 1 fully saturated rings. The molecular formula is C8H16O5. The maximum atomic E-state index is 9.44. The molecule has 0 bridgehead atoms. The number of hydrogen-bond donors (Lipinski definition) is 3. The van der Waals surface area contributed by atoms with Crippen molar-refractivity contribution in [2.45, 2.75) is 37.4 Å². The first-order chi connectivity index (χ1) is 6.07. The molecule has 5 heteroatoms. The van der Waals surface area contributed by atoms with Crippen molar-refractivity contribution in [3.8, 4) is 0 Å². The van der Waals surface area contributed by atoms with Crippen LogP contribution in [0.4, 0.5) is 0 Å². The second-order valence-electron chi connectivity index (χ2n) is 3.30. The number of ether oxygens (including phenoxy) is 2. The first kappa shape index (κ1) is 10.9. The topological polar surface area (TPSA) is 79.2 Å². The Hall–Kier alpha value is -0.200. The monoisotopic (exact) mass is 192 g/mol. The molecule has 5 nitrogen and oxygen atoms in total. The second kappa shape index (κ2) is 4.34. The zero-order valence-electron chi connectivity index (χ0n) is 7.75. The molecule has 0 aromatic rings. The van der Waals surface area contributed by atoms with Crippen molar-refractivity contribution in [2.75, 3.05) is 13.7 Å². The molecule has 1 saturated heterocycles. The molecule has 1 aliphatic rings. The smallest absolute Gasteiger partial charge is 0.115 e. The summed E-state index contributed by atoms with van der Waals surface area (Å²) in [6, 6.07) is 0. The summed E-state index contributed by atoms with van der Waals surface area (Å²) in [4.78, 5) is 0. The van der Waals surface area contributed by atoms with E-state index in [1.807, 2.05) is 0 Å². The van der Waals surface area contributed by atoms with E-state index in [9.17, 15) is 15.3 Å². The van der Waals surface area contributed by atoms with Gasteiger partial charge in [0, 0.05) is 7.11 Å². The van der Waals surface area contributed by atoms with E-state index in [4.69, 9.17) is 9.47 Å². The third-order valence-electron chi connectivity index (χ3n) is 2.26. The van der Waals surface area contributed by atoms with Gasteiger partial charge in [0.1, 0.15) is 24.4 Å². The molecule has 0 radical (unpaired) electrons. The first-order valence-corrected chi connectivity index (χ1v) is 4.26. The lowest BCUT2D eigenvalue weighted by atomic mass is 10.0. The molecule has 3 N–H and O–H groups in total. The fourth-order valence-corrected chi connectivity index (χ4v) is 1.52. The Morgan fingerprint density at radius 1 is 1.46 bits per heavy atom. The van der Waals surface area contributed by atoms with E-state index in [-0.39, 0.29) is 6.61 Å². The number of aliphatic hydroxyl groups excluding tert-OH is 3. The maximum Gasteiger partial charge on any atom is 0.115 e. The lowest BCUT2D eigenvalue weighted by molar-refractivity contribution is -0.110. The highest BCUT2D eigenvalue weighted by Crippen LogP contribution is 2.21. The van der Waals surface area contributed by atoms with Gasteiger partial charge in [0.15, 0.2) is 0 Å². The summed E-state index contributed by atoms with van der Waals surface area (Å²) in [5.74, 6) is 0. The molecule has 13 heavy (non-hydrogen) atoms. The number of methoxy groups -OCH3 is 1. The average Bonchev–Trinajstić information content (AvgIpc) is 2.37. The van der Waals surface area contributed by atoms with Crippen molar-refractivity contribution >= 4 is 0 Å². The molecule has 0 aromatic heterocycles. The van der Waals surface area contributed by atoms with Gasteiger partial charge in [0.2, 0.25) is 0 Å². The highest BCUT2D eigenvalue weighted by molar-refractivity contribution is 4.90. The molecule has 0 saturated carbocycles. The van der Waals surface area contributed by atoms with Gasteiger partial charge < -0.3 is 24.8 Å². The third kappa shape index (κ3) is 2.18. The predicted molar refractivity (Wildman–Crippen MR) is 44.2 cm³/mol. The van der Waals surface area contributed by atoms with Crippen LogP contribution in [-0.4, -0.2) is 59.6 Å². The highest BCUT2D eigenvalue weighted by Gasteiger charge is 2.41. The quantitative estimate of drug-likeness (QED) is 0.507. The van der Waals surface area contributed by atoms with Gasteiger partial charge in [-0.2, -0.15) is 0 Å². The fourth-order valence-electron chi connectivity index (χ4n) is 1.52. The molecule has 5 unspecified atom stereocenters. The van der Waals surface area contributed by atoms with E-state index >= 15 is 0 Å². The van der Waals surface area contributed by atoms with Gasteiger partial charge >= 0.3 is 0 Å². The number of hydrogen-bond acceptors (Lipinski definition) is 5. The van der Waals surface area contributed by atoms with Crippen LogP contribution in [0.15, 0.2) is 0 Å². The van der Waals surface area contributed by atoms with Crippen LogP contribution in [0, 0.1) is 0 Å². The van der Waals surface area contributed by atoms with Gasteiger partial charge in [-0.05, 0) is 6.92 Å². The van der Waals surface area contributed by atoms with Crippen LogP contribution in [0.3, 0.4) is 0 Å². The van der Waals surface area contributed by atoms with Crippen molar-refractivity contribution in [3.63, 3.8) is 0 Å². The predicted octanol–water partition coefficient (Wildman–Crippen LogP) is -1.50. The lowest BCUT2D eigenvalue weighted by Crippen LogP contribution is -2.44.